The Bertz CT molecular complexity index is 1000. The second-order valence-corrected chi connectivity index (χ2v) is 6.64. The maximum Gasteiger partial charge on any atom is 0.143 e. The van der Waals surface area contributed by atoms with Gasteiger partial charge in [-0.3, -0.25) is 0 Å². The van der Waals surface area contributed by atoms with Crippen molar-refractivity contribution in [3.8, 4) is 11.1 Å². The maximum atomic E-state index is 13.1. The molecule has 2 aromatic heterocycles. The number of hydrogen-bond acceptors (Lipinski definition) is 4. The van der Waals surface area contributed by atoms with E-state index >= 15 is 0 Å². The minimum Gasteiger partial charge on any atom is -0.340 e. The van der Waals surface area contributed by atoms with Crippen LogP contribution < -0.4 is 5.32 Å². The molecule has 0 amide bonds. The number of halogens is 2. The van der Waals surface area contributed by atoms with Crippen LogP contribution in [0.25, 0.3) is 21.3 Å². The van der Waals surface area contributed by atoms with Crippen LogP contribution in [0.3, 0.4) is 0 Å². The largest absolute Gasteiger partial charge is 0.340 e. The number of nitrogens with zero attached hydrogens (tertiary/aromatic N) is 2. The molecule has 0 radical (unpaired) electrons. The van der Waals surface area contributed by atoms with E-state index < -0.39 is 0 Å². The summed E-state index contributed by atoms with van der Waals surface area (Å²) in [5, 5.41) is 4.28. The third kappa shape index (κ3) is 3.34. The molecule has 0 aliphatic rings. The molecule has 0 unspecified atom stereocenters. The van der Waals surface area contributed by atoms with Crippen LogP contribution in [0.1, 0.15) is 4.88 Å². The molecular formula is C19H15ClFN3S. The second-order valence-electron chi connectivity index (χ2n) is 5.43. The fourth-order valence-corrected chi connectivity index (χ4v) is 3.77. The number of anilines is 2. The average Bonchev–Trinajstić information content (AvgIpc) is 2.94. The Morgan fingerprint density at radius 3 is 2.40 bits per heavy atom. The Morgan fingerprint density at radius 2 is 1.68 bits per heavy atom. The highest BCUT2D eigenvalue weighted by Gasteiger charge is 2.16. The summed E-state index contributed by atoms with van der Waals surface area (Å²) in [6.07, 6.45) is 1.55. The van der Waals surface area contributed by atoms with Gasteiger partial charge in [0.1, 0.15) is 22.8 Å². The van der Waals surface area contributed by atoms with Crippen LogP contribution in [0, 0.1) is 12.7 Å². The highest BCUT2D eigenvalue weighted by Crippen LogP contribution is 2.40. The minimum atomic E-state index is -0.260. The van der Waals surface area contributed by atoms with Crippen molar-refractivity contribution in [3.63, 3.8) is 0 Å². The highest BCUT2D eigenvalue weighted by atomic mass is 35.5. The van der Waals surface area contributed by atoms with E-state index in [1.807, 2.05) is 18.2 Å². The fourth-order valence-electron chi connectivity index (χ4n) is 2.76. The molecule has 4 aromatic rings. The molecule has 0 aliphatic carbocycles. The monoisotopic (exact) mass is 371 g/mol. The van der Waals surface area contributed by atoms with E-state index in [1.54, 1.807) is 29.8 Å². The van der Waals surface area contributed by atoms with Gasteiger partial charge in [-0.05, 0) is 36.8 Å². The summed E-state index contributed by atoms with van der Waals surface area (Å²) in [5.74, 6) is 0.472. The van der Waals surface area contributed by atoms with Crippen LogP contribution in [-0.4, -0.2) is 9.97 Å². The van der Waals surface area contributed by atoms with Crippen molar-refractivity contribution >= 4 is 45.5 Å². The van der Waals surface area contributed by atoms with E-state index in [0.717, 1.165) is 32.8 Å². The second kappa shape index (κ2) is 7.17. The lowest BCUT2D eigenvalue weighted by molar-refractivity contribution is 0.628. The molecule has 4 rings (SSSR count). The molecule has 126 valence electrons. The van der Waals surface area contributed by atoms with E-state index in [0.29, 0.717) is 0 Å². The predicted octanol–water partition coefficient (Wildman–Crippen LogP) is 5.97. The summed E-state index contributed by atoms with van der Waals surface area (Å²) in [6.45, 7) is 2.09. The molecule has 0 spiro atoms. The third-order valence-electron chi connectivity index (χ3n) is 3.83. The maximum absolute atomic E-state index is 13.1. The third-order valence-corrected chi connectivity index (χ3v) is 4.85. The summed E-state index contributed by atoms with van der Waals surface area (Å²) in [6, 6.07) is 16.5. The molecule has 0 bridgehead atoms. The van der Waals surface area contributed by atoms with Crippen LogP contribution in [0.15, 0.2) is 60.9 Å². The van der Waals surface area contributed by atoms with Gasteiger partial charge in [-0.1, -0.05) is 30.3 Å². The predicted molar refractivity (Wildman–Crippen MR) is 105 cm³/mol. The summed E-state index contributed by atoms with van der Waals surface area (Å²) in [5.41, 5.74) is 3.07. The zero-order chi connectivity index (χ0) is 16.5. The normalized spacial score (nSPS) is 10.5. The lowest BCUT2D eigenvalue weighted by Crippen LogP contribution is -1.95. The van der Waals surface area contributed by atoms with Crippen LogP contribution in [0.2, 0.25) is 0 Å². The van der Waals surface area contributed by atoms with Crippen LogP contribution in [0.5, 0.6) is 0 Å². The molecule has 0 fully saturated rings. The first-order chi connectivity index (χ1) is 11.7. The number of nitrogens with one attached hydrogen (secondary N) is 1. The highest BCUT2D eigenvalue weighted by molar-refractivity contribution is 7.19. The van der Waals surface area contributed by atoms with Gasteiger partial charge in [0.15, 0.2) is 0 Å². The van der Waals surface area contributed by atoms with Gasteiger partial charge in [0.2, 0.25) is 0 Å². The zero-order valence-electron chi connectivity index (χ0n) is 13.4. The number of fused-ring (bicyclic) bond motifs is 1. The molecule has 2 aromatic carbocycles. The van der Waals surface area contributed by atoms with Crippen LogP contribution >= 0.6 is 23.7 Å². The van der Waals surface area contributed by atoms with E-state index in [1.165, 1.54) is 17.0 Å². The number of aromatic nitrogens is 2. The first kappa shape index (κ1) is 17.3. The lowest BCUT2D eigenvalue weighted by Gasteiger charge is -2.09. The van der Waals surface area contributed by atoms with Crippen molar-refractivity contribution in [2.45, 2.75) is 6.92 Å². The Balaban J connectivity index is 0.00000182. The Labute approximate surface area is 155 Å². The van der Waals surface area contributed by atoms with Gasteiger partial charge < -0.3 is 5.32 Å². The van der Waals surface area contributed by atoms with Crippen molar-refractivity contribution < 1.29 is 4.39 Å². The van der Waals surface area contributed by atoms with Gasteiger partial charge >= 0.3 is 0 Å². The van der Waals surface area contributed by atoms with Crippen LogP contribution in [0.4, 0.5) is 15.9 Å². The van der Waals surface area contributed by atoms with Crippen molar-refractivity contribution in [3.05, 3.63) is 71.6 Å². The topological polar surface area (TPSA) is 37.8 Å². The van der Waals surface area contributed by atoms with Gasteiger partial charge in [0, 0.05) is 16.1 Å². The first-order valence-corrected chi connectivity index (χ1v) is 8.36. The number of hydrogen-bond donors (Lipinski definition) is 1. The van der Waals surface area contributed by atoms with Gasteiger partial charge in [0.05, 0.1) is 5.39 Å². The lowest BCUT2D eigenvalue weighted by atomic mass is 10.0. The molecule has 2 heterocycles. The van der Waals surface area contributed by atoms with Gasteiger partial charge in [0.25, 0.3) is 0 Å². The van der Waals surface area contributed by atoms with Crippen molar-refractivity contribution in [1.29, 1.82) is 0 Å². The molecule has 25 heavy (non-hydrogen) atoms. The first-order valence-electron chi connectivity index (χ1n) is 7.54. The SMILES string of the molecule is Cc1sc2ncnc(Nc3ccc(F)cc3)c2c1-c1ccccc1.Cl. The van der Waals surface area contributed by atoms with Crippen molar-refractivity contribution in [2.24, 2.45) is 0 Å². The summed E-state index contributed by atoms with van der Waals surface area (Å²) >= 11 is 1.65. The van der Waals surface area contributed by atoms with Gasteiger partial charge in [-0.2, -0.15) is 0 Å². The van der Waals surface area contributed by atoms with Gasteiger partial charge in [-0.25, -0.2) is 14.4 Å². The molecule has 3 nitrogen and oxygen atoms in total. The van der Waals surface area contributed by atoms with Gasteiger partial charge in [-0.15, -0.1) is 23.7 Å². The molecule has 0 atom stereocenters. The summed E-state index contributed by atoms with van der Waals surface area (Å²) in [4.78, 5) is 11.0. The molecule has 0 aliphatic heterocycles. The van der Waals surface area contributed by atoms with E-state index in [9.17, 15) is 4.39 Å². The molecule has 0 saturated carbocycles. The average molecular weight is 372 g/mol. The molecular weight excluding hydrogens is 357 g/mol. The number of thiophene rings is 1. The van der Waals surface area contributed by atoms with E-state index in [4.69, 9.17) is 0 Å². The number of rotatable bonds is 3. The number of aryl methyl sites for hydroxylation is 1. The quantitative estimate of drug-likeness (QED) is 0.482. The minimum absolute atomic E-state index is 0. The zero-order valence-corrected chi connectivity index (χ0v) is 15.0. The van der Waals surface area contributed by atoms with Crippen molar-refractivity contribution in [2.75, 3.05) is 5.32 Å². The Kier molecular flexibility index (Phi) is 4.97. The summed E-state index contributed by atoms with van der Waals surface area (Å²) in [7, 11) is 0. The van der Waals surface area contributed by atoms with E-state index in [-0.39, 0.29) is 18.2 Å². The number of benzene rings is 2. The molecule has 6 heteroatoms. The van der Waals surface area contributed by atoms with Crippen molar-refractivity contribution in [1.82, 2.24) is 9.97 Å². The smallest absolute Gasteiger partial charge is 0.143 e. The fraction of sp³-hybridized carbons (Fsp3) is 0.0526. The Morgan fingerprint density at radius 1 is 0.960 bits per heavy atom. The Hall–Kier alpha value is -2.50. The molecule has 1 N–H and O–H groups in total. The molecule has 0 saturated heterocycles. The van der Waals surface area contributed by atoms with Crippen LogP contribution in [-0.2, 0) is 0 Å². The van der Waals surface area contributed by atoms with E-state index in [2.05, 4.69) is 34.3 Å². The summed E-state index contributed by atoms with van der Waals surface area (Å²) < 4.78 is 13.1. The standard InChI is InChI=1S/C19H14FN3S.ClH/c1-12-16(13-5-3-2-4-6-13)17-18(21-11-22-19(17)24-12)23-15-9-7-14(20)8-10-15;/h2-11H,1H3,(H,21,22,23);1H.